The van der Waals surface area contributed by atoms with Crippen LogP contribution >= 0.6 is 0 Å². The third-order valence-corrected chi connectivity index (χ3v) is 4.17. The predicted molar refractivity (Wildman–Crippen MR) is 79.9 cm³/mol. The van der Waals surface area contributed by atoms with Gasteiger partial charge in [-0.3, -0.25) is 4.79 Å². The van der Waals surface area contributed by atoms with E-state index < -0.39 is 0 Å². The lowest BCUT2D eigenvalue weighted by atomic mass is 9.80. The van der Waals surface area contributed by atoms with Crippen molar-refractivity contribution in [2.75, 3.05) is 26.2 Å². The van der Waals surface area contributed by atoms with Gasteiger partial charge in [0.2, 0.25) is 0 Å². The first-order valence-electron chi connectivity index (χ1n) is 7.31. The molecule has 4 nitrogen and oxygen atoms in total. The van der Waals surface area contributed by atoms with Crippen LogP contribution in [0.1, 0.15) is 37.0 Å². The highest BCUT2D eigenvalue weighted by molar-refractivity contribution is 5.97. The van der Waals surface area contributed by atoms with E-state index in [0.717, 1.165) is 25.9 Å². The fourth-order valence-electron chi connectivity index (χ4n) is 2.55. The molecule has 0 atom stereocenters. The van der Waals surface area contributed by atoms with Crippen LogP contribution < -0.4 is 10.5 Å². The van der Waals surface area contributed by atoms with Crippen molar-refractivity contribution in [3.05, 3.63) is 29.8 Å². The van der Waals surface area contributed by atoms with Crippen molar-refractivity contribution in [3.63, 3.8) is 0 Å². The summed E-state index contributed by atoms with van der Waals surface area (Å²) in [5.74, 6) is 0.736. The summed E-state index contributed by atoms with van der Waals surface area (Å²) in [5.41, 5.74) is 6.65. The molecule has 2 rings (SSSR count). The maximum absolute atomic E-state index is 12.6. The van der Waals surface area contributed by atoms with E-state index in [1.807, 2.05) is 36.1 Å². The van der Waals surface area contributed by atoms with Gasteiger partial charge in [0, 0.05) is 13.1 Å². The molecule has 20 heavy (non-hydrogen) atoms. The van der Waals surface area contributed by atoms with Gasteiger partial charge < -0.3 is 15.4 Å². The molecule has 0 saturated carbocycles. The lowest BCUT2D eigenvalue weighted by Crippen LogP contribution is -2.44. The zero-order chi connectivity index (χ0) is 14.6. The number of benzene rings is 1. The number of amides is 1. The Labute approximate surface area is 120 Å². The topological polar surface area (TPSA) is 55.6 Å². The van der Waals surface area contributed by atoms with Gasteiger partial charge >= 0.3 is 0 Å². The first-order chi connectivity index (χ1) is 9.59. The number of nitrogens with two attached hydrogens (primary N) is 1. The fourth-order valence-corrected chi connectivity index (χ4v) is 2.55. The minimum atomic E-state index is 0.0631. The van der Waals surface area contributed by atoms with Crippen LogP contribution in [0.3, 0.4) is 0 Å². The molecule has 0 spiro atoms. The van der Waals surface area contributed by atoms with Crippen LogP contribution in [0.15, 0.2) is 24.3 Å². The van der Waals surface area contributed by atoms with Crippen LogP contribution in [0.2, 0.25) is 0 Å². The highest BCUT2D eigenvalue weighted by Gasteiger charge is 2.31. The molecule has 0 radical (unpaired) electrons. The van der Waals surface area contributed by atoms with Crippen molar-refractivity contribution in [1.82, 2.24) is 4.90 Å². The van der Waals surface area contributed by atoms with E-state index in [-0.39, 0.29) is 11.3 Å². The van der Waals surface area contributed by atoms with E-state index in [2.05, 4.69) is 6.92 Å². The van der Waals surface area contributed by atoms with Crippen LogP contribution in [-0.4, -0.2) is 37.0 Å². The highest BCUT2D eigenvalue weighted by Crippen LogP contribution is 2.31. The van der Waals surface area contributed by atoms with Crippen molar-refractivity contribution < 1.29 is 9.53 Å². The molecule has 1 aliphatic rings. The van der Waals surface area contributed by atoms with Gasteiger partial charge in [0.15, 0.2) is 0 Å². The first kappa shape index (κ1) is 14.9. The molecular formula is C16H24N2O2. The lowest BCUT2D eigenvalue weighted by Gasteiger charge is -2.38. The number of hydrogen-bond donors (Lipinski definition) is 1. The van der Waals surface area contributed by atoms with Crippen LogP contribution in [0.5, 0.6) is 5.75 Å². The van der Waals surface area contributed by atoms with E-state index in [0.29, 0.717) is 24.5 Å². The van der Waals surface area contributed by atoms with Crippen molar-refractivity contribution in [2.24, 2.45) is 11.1 Å². The Morgan fingerprint density at radius 2 is 2.00 bits per heavy atom. The standard InChI is InChI=1S/C16H24N2O2/c1-3-20-14-7-5-4-6-13(14)15(19)18-10-8-16(2,12-17)9-11-18/h4-7H,3,8-12,17H2,1-2H3. The number of hydrogen-bond acceptors (Lipinski definition) is 3. The van der Waals surface area contributed by atoms with Crippen LogP contribution in [0, 0.1) is 5.41 Å². The molecule has 1 saturated heterocycles. The van der Waals surface area contributed by atoms with Gasteiger partial charge in [0.25, 0.3) is 5.91 Å². The Hall–Kier alpha value is -1.55. The number of carbonyl (C=O) groups is 1. The molecule has 4 heteroatoms. The molecule has 1 amide bonds. The summed E-state index contributed by atoms with van der Waals surface area (Å²) in [6.07, 6.45) is 1.93. The molecule has 1 heterocycles. The number of rotatable bonds is 4. The van der Waals surface area contributed by atoms with Gasteiger partial charge in [-0.05, 0) is 43.9 Å². The Kier molecular flexibility index (Phi) is 4.65. The molecular weight excluding hydrogens is 252 g/mol. The smallest absolute Gasteiger partial charge is 0.257 e. The van der Waals surface area contributed by atoms with Gasteiger partial charge in [0.05, 0.1) is 12.2 Å². The normalized spacial score (nSPS) is 17.9. The Balaban J connectivity index is 2.09. The second kappa shape index (κ2) is 6.27. The Morgan fingerprint density at radius 1 is 1.35 bits per heavy atom. The van der Waals surface area contributed by atoms with Gasteiger partial charge in [-0.2, -0.15) is 0 Å². The van der Waals surface area contributed by atoms with E-state index >= 15 is 0 Å². The number of piperidine rings is 1. The summed E-state index contributed by atoms with van der Waals surface area (Å²) >= 11 is 0. The average molecular weight is 276 g/mol. The molecule has 1 aromatic rings. The maximum Gasteiger partial charge on any atom is 0.257 e. The molecule has 110 valence electrons. The monoisotopic (exact) mass is 276 g/mol. The SMILES string of the molecule is CCOc1ccccc1C(=O)N1CCC(C)(CN)CC1. The van der Waals surface area contributed by atoms with Gasteiger partial charge in [0.1, 0.15) is 5.75 Å². The quantitative estimate of drug-likeness (QED) is 0.918. The van der Waals surface area contributed by atoms with E-state index in [4.69, 9.17) is 10.5 Å². The zero-order valence-corrected chi connectivity index (χ0v) is 12.4. The molecule has 1 aliphatic heterocycles. The second-order valence-corrected chi connectivity index (χ2v) is 5.74. The minimum Gasteiger partial charge on any atom is -0.493 e. The summed E-state index contributed by atoms with van der Waals surface area (Å²) in [4.78, 5) is 14.5. The predicted octanol–water partition coefficient (Wildman–Crippen LogP) is 2.29. The van der Waals surface area contributed by atoms with Crippen LogP contribution in [0.4, 0.5) is 0 Å². The third-order valence-electron chi connectivity index (χ3n) is 4.17. The first-order valence-corrected chi connectivity index (χ1v) is 7.31. The van der Waals surface area contributed by atoms with Gasteiger partial charge in [-0.25, -0.2) is 0 Å². The largest absolute Gasteiger partial charge is 0.493 e. The summed E-state index contributed by atoms with van der Waals surface area (Å²) in [5, 5.41) is 0. The van der Waals surface area contributed by atoms with Crippen molar-refractivity contribution >= 4 is 5.91 Å². The fraction of sp³-hybridized carbons (Fsp3) is 0.562. The number of nitrogens with zero attached hydrogens (tertiary/aromatic N) is 1. The zero-order valence-electron chi connectivity index (χ0n) is 12.4. The second-order valence-electron chi connectivity index (χ2n) is 5.74. The van der Waals surface area contributed by atoms with E-state index in [1.165, 1.54) is 0 Å². The highest BCUT2D eigenvalue weighted by atomic mass is 16.5. The Morgan fingerprint density at radius 3 is 2.60 bits per heavy atom. The summed E-state index contributed by atoms with van der Waals surface area (Å²) < 4.78 is 5.54. The molecule has 0 aromatic heterocycles. The molecule has 0 aliphatic carbocycles. The molecule has 0 unspecified atom stereocenters. The lowest BCUT2D eigenvalue weighted by molar-refractivity contribution is 0.0614. The molecule has 1 aromatic carbocycles. The van der Waals surface area contributed by atoms with Crippen molar-refractivity contribution in [3.8, 4) is 5.75 Å². The number of para-hydroxylation sites is 1. The van der Waals surface area contributed by atoms with Gasteiger partial charge in [-0.1, -0.05) is 19.1 Å². The summed E-state index contributed by atoms with van der Waals surface area (Å²) in [6.45, 7) is 6.91. The third kappa shape index (κ3) is 3.12. The average Bonchev–Trinajstić information content (AvgIpc) is 2.48. The number of likely N-dealkylation sites (tertiary alicyclic amines) is 1. The van der Waals surface area contributed by atoms with Crippen molar-refractivity contribution in [1.29, 1.82) is 0 Å². The van der Waals surface area contributed by atoms with Gasteiger partial charge in [-0.15, -0.1) is 0 Å². The molecule has 0 bridgehead atoms. The molecule has 1 fully saturated rings. The Bertz CT molecular complexity index is 465. The minimum absolute atomic E-state index is 0.0631. The summed E-state index contributed by atoms with van der Waals surface area (Å²) in [7, 11) is 0. The van der Waals surface area contributed by atoms with Crippen LogP contribution in [0.25, 0.3) is 0 Å². The van der Waals surface area contributed by atoms with Crippen LogP contribution in [-0.2, 0) is 0 Å². The maximum atomic E-state index is 12.6. The van der Waals surface area contributed by atoms with E-state index in [1.54, 1.807) is 0 Å². The number of ether oxygens (including phenoxy) is 1. The molecule has 2 N–H and O–H groups in total. The van der Waals surface area contributed by atoms with E-state index in [9.17, 15) is 4.79 Å². The number of carbonyl (C=O) groups excluding carboxylic acids is 1. The van der Waals surface area contributed by atoms with Crippen molar-refractivity contribution in [2.45, 2.75) is 26.7 Å². The summed E-state index contributed by atoms with van der Waals surface area (Å²) in [6, 6.07) is 7.46.